The average molecular weight is 444 g/mol. The van der Waals surface area contributed by atoms with Crippen molar-refractivity contribution in [1.29, 1.82) is 0 Å². The Labute approximate surface area is 191 Å². The fraction of sp³-hybridized carbons (Fsp3) is 0.625. The SMILES string of the molecule is CCC(CC)C(=O)N1CCC(NC(=NC)NCCCN2C(=O)COc3ccccc32)CC1. The number of fused-ring (bicyclic) bond motifs is 1. The zero-order valence-corrected chi connectivity index (χ0v) is 19.6. The molecular formula is C24H37N5O3. The molecule has 2 heterocycles. The lowest BCUT2D eigenvalue weighted by molar-refractivity contribution is -0.136. The van der Waals surface area contributed by atoms with E-state index in [4.69, 9.17) is 4.74 Å². The van der Waals surface area contributed by atoms with Crippen LogP contribution < -0.4 is 20.3 Å². The number of nitrogens with zero attached hydrogens (tertiary/aromatic N) is 3. The molecule has 0 aromatic heterocycles. The number of nitrogens with one attached hydrogen (secondary N) is 2. The number of amides is 2. The van der Waals surface area contributed by atoms with E-state index >= 15 is 0 Å². The number of benzene rings is 1. The molecule has 0 saturated carbocycles. The highest BCUT2D eigenvalue weighted by atomic mass is 16.5. The average Bonchev–Trinajstić information content (AvgIpc) is 2.83. The summed E-state index contributed by atoms with van der Waals surface area (Å²) in [5.41, 5.74) is 0.834. The molecule has 0 radical (unpaired) electrons. The normalized spacial score (nSPS) is 17.2. The third-order valence-electron chi connectivity index (χ3n) is 6.37. The molecule has 1 saturated heterocycles. The van der Waals surface area contributed by atoms with Crippen molar-refractivity contribution in [3.63, 3.8) is 0 Å². The maximum atomic E-state index is 12.6. The van der Waals surface area contributed by atoms with Crippen LogP contribution in [0.25, 0.3) is 0 Å². The molecule has 176 valence electrons. The largest absolute Gasteiger partial charge is 0.482 e. The monoisotopic (exact) mass is 443 g/mol. The summed E-state index contributed by atoms with van der Waals surface area (Å²) >= 11 is 0. The second-order valence-electron chi connectivity index (χ2n) is 8.41. The van der Waals surface area contributed by atoms with Crippen molar-refractivity contribution in [2.24, 2.45) is 10.9 Å². The van der Waals surface area contributed by atoms with Gasteiger partial charge >= 0.3 is 0 Å². The Balaban J connectivity index is 1.40. The van der Waals surface area contributed by atoms with Gasteiger partial charge in [-0.05, 0) is 44.2 Å². The third-order valence-corrected chi connectivity index (χ3v) is 6.37. The van der Waals surface area contributed by atoms with Crippen LogP contribution in [0, 0.1) is 5.92 Å². The lowest BCUT2D eigenvalue weighted by atomic mass is 9.98. The van der Waals surface area contributed by atoms with Crippen LogP contribution in [0.3, 0.4) is 0 Å². The molecule has 2 aliphatic rings. The second-order valence-corrected chi connectivity index (χ2v) is 8.41. The number of rotatable bonds is 8. The minimum atomic E-state index is -0.0131. The maximum Gasteiger partial charge on any atom is 0.265 e. The summed E-state index contributed by atoms with van der Waals surface area (Å²) in [5, 5.41) is 6.84. The maximum absolute atomic E-state index is 12.6. The molecule has 8 heteroatoms. The number of aliphatic imine (C=N–C) groups is 1. The first-order valence-electron chi connectivity index (χ1n) is 11.9. The lowest BCUT2D eigenvalue weighted by Gasteiger charge is -2.35. The van der Waals surface area contributed by atoms with Gasteiger partial charge in [-0.15, -0.1) is 0 Å². The fourth-order valence-electron chi connectivity index (χ4n) is 4.37. The predicted octanol–water partition coefficient (Wildman–Crippen LogP) is 2.39. The summed E-state index contributed by atoms with van der Waals surface area (Å²) in [7, 11) is 1.77. The number of carbonyl (C=O) groups is 2. The quantitative estimate of drug-likeness (QED) is 0.366. The minimum absolute atomic E-state index is 0.0131. The van der Waals surface area contributed by atoms with Crippen LogP contribution in [0.15, 0.2) is 29.3 Å². The van der Waals surface area contributed by atoms with Gasteiger partial charge in [0, 0.05) is 45.2 Å². The predicted molar refractivity (Wildman–Crippen MR) is 127 cm³/mol. The van der Waals surface area contributed by atoms with Gasteiger partial charge in [-0.2, -0.15) is 0 Å². The molecule has 0 aliphatic carbocycles. The smallest absolute Gasteiger partial charge is 0.265 e. The number of hydrogen-bond donors (Lipinski definition) is 2. The van der Waals surface area contributed by atoms with Crippen LogP contribution in [0.5, 0.6) is 5.75 Å². The van der Waals surface area contributed by atoms with Crippen molar-refractivity contribution in [3.8, 4) is 5.75 Å². The Morgan fingerprint density at radius 2 is 1.94 bits per heavy atom. The molecule has 2 amide bonds. The molecule has 0 spiro atoms. The third kappa shape index (κ3) is 5.93. The highest BCUT2D eigenvalue weighted by molar-refractivity contribution is 5.97. The van der Waals surface area contributed by atoms with Crippen molar-refractivity contribution in [2.45, 2.75) is 52.0 Å². The number of para-hydroxylation sites is 2. The van der Waals surface area contributed by atoms with Gasteiger partial charge in [0.25, 0.3) is 5.91 Å². The van der Waals surface area contributed by atoms with Crippen molar-refractivity contribution in [2.75, 3.05) is 44.7 Å². The minimum Gasteiger partial charge on any atom is -0.482 e. The molecule has 0 unspecified atom stereocenters. The summed E-state index contributed by atoms with van der Waals surface area (Å²) in [4.78, 5) is 33.0. The lowest BCUT2D eigenvalue weighted by Crippen LogP contribution is -2.51. The molecule has 1 aromatic rings. The van der Waals surface area contributed by atoms with Crippen LogP contribution in [-0.2, 0) is 9.59 Å². The van der Waals surface area contributed by atoms with E-state index in [0.717, 1.165) is 62.6 Å². The number of guanidine groups is 1. The van der Waals surface area contributed by atoms with E-state index in [-0.39, 0.29) is 18.4 Å². The molecule has 2 N–H and O–H groups in total. The van der Waals surface area contributed by atoms with Crippen LogP contribution in [-0.4, -0.2) is 68.5 Å². The van der Waals surface area contributed by atoms with Crippen molar-refractivity contribution < 1.29 is 14.3 Å². The standard InChI is InChI=1S/C24H37N5O3/c1-4-18(5-2)23(31)28-15-11-19(12-16-28)27-24(25-3)26-13-8-14-29-20-9-6-7-10-21(20)32-17-22(29)30/h6-7,9-10,18-19H,4-5,8,11-17H2,1-3H3,(H2,25,26,27). The molecular weight excluding hydrogens is 406 g/mol. The fourth-order valence-corrected chi connectivity index (χ4v) is 4.37. The first-order valence-corrected chi connectivity index (χ1v) is 11.9. The van der Waals surface area contributed by atoms with Crippen LogP contribution in [0.2, 0.25) is 0 Å². The van der Waals surface area contributed by atoms with Gasteiger partial charge in [0.05, 0.1) is 5.69 Å². The highest BCUT2D eigenvalue weighted by Crippen LogP contribution is 2.31. The molecule has 32 heavy (non-hydrogen) atoms. The van der Waals surface area contributed by atoms with Gasteiger partial charge in [0.1, 0.15) is 5.75 Å². The van der Waals surface area contributed by atoms with Crippen LogP contribution in [0.4, 0.5) is 5.69 Å². The van der Waals surface area contributed by atoms with E-state index in [9.17, 15) is 9.59 Å². The summed E-state index contributed by atoms with van der Waals surface area (Å²) < 4.78 is 5.50. The van der Waals surface area contributed by atoms with E-state index in [1.165, 1.54) is 0 Å². The zero-order chi connectivity index (χ0) is 22.9. The molecule has 8 nitrogen and oxygen atoms in total. The van der Waals surface area contributed by atoms with Crippen molar-refractivity contribution in [3.05, 3.63) is 24.3 Å². The Morgan fingerprint density at radius 1 is 1.22 bits per heavy atom. The van der Waals surface area contributed by atoms with Gasteiger partial charge < -0.3 is 25.2 Å². The number of anilines is 1. The van der Waals surface area contributed by atoms with Gasteiger partial charge in [-0.1, -0.05) is 26.0 Å². The molecule has 0 atom stereocenters. The number of carbonyl (C=O) groups excluding carboxylic acids is 2. The molecule has 0 bridgehead atoms. The Morgan fingerprint density at radius 3 is 2.62 bits per heavy atom. The Bertz CT molecular complexity index is 801. The van der Waals surface area contributed by atoms with Crippen molar-refractivity contribution in [1.82, 2.24) is 15.5 Å². The van der Waals surface area contributed by atoms with E-state index in [2.05, 4.69) is 29.5 Å². The van der Waals surface area contributed by atoms with E-state index < -0.39 is 0 Å². The first-order chi connectivity index (χ1) is 15.6. The second kappa shape index (κ2) is 11.7. The van der Waals surface area contributed by atoms with E-state index in [0.29, 0.717) is 25.0 Å². The number of piperidine rings is 1. The van der Waals surface area contributed by atoms with Gasteiger partial charge in [-0.3, -0.25) is 14.6 Å². The topological polar surface area (TPSA) is 86.3 Å². The zero-order valence-electron chi connectivity index (χ0n) is 19.6. The summed E-state index contributed by atoms with van der Waals surface area (Å²) in [6.45, 7) is 7.18. The molecule has 3 rings (SSSR count). The Kier molecular flexibility index (Phi) is 8.76. The molecule has 2 aliphatic heterocycles. The van der Waals surface area contributed by atoms with Crippen LogP contribution in [0.1, 0.15) is 46.0 Å². The van der Waals surface area contributed by atoms with E-state index in [1.807, 2.05) is 29.2 Å². The molecule has 1 aromatic carbocycles. The van der Waals surface area contributed by atoms with Gasteiger partial charge in [0.2, 0.25) is 5.91 Å². The first kappa shape index (κ1) is 23.9. The van der Waals surface area contributed by atoms with Crippen molar-refractivity contribution >= 4 is 23.5 Å². The molecule has 1 fully saturated rings. The number of likely N-dealkylation sites (tertiary alicyclic amines) is 1. The Hall–Kier alpha value is -2.77. The van der Waals surface area contributed by atoms with Gasteiger partial charge in [0.15, 0.2) is 12.6 Å². The van der Waals surface area contributed by atoms with E-state index in [1.54, 1.807) is 11.9 Å². The number of hydrogen-bond acceptors (Lipinski definition) is 4. The summed E-state index contributed by atoms with van der Waals surface area (Å²) in [5.74, 6) is 1.96. The van der Waals surface area contributed by atoms with Crippen LogP contribution >= 0.6 is 0 Å². The summed E-state index contributed by atoms with van der Waals surface area (Å²) in [6.07, 6.45) is 4.46. The summed E-state index contributed by atoms with van der Waals surface area (Å²) in [6, 6.07) is 7.94. The highest BCUT2D eigenvalue weighted by Gasteiger charge is 2.27. The number of ether oxygens (including phenoxy) is 1. The van der Waals surface area contributed by atoms with Gasteiger partial charge in [-0.25, -0.2) is 0 Å².